The second-order valence-electron chi connectivity index (χ2n) is 5.45. The maximum absolute atomic E-state index is 11.9. The molecule has 1 aromatic carbocycles. The summed E-state index contributed by atoms with van der Waals surface area (Å²) < 4.78 is 28.9. The fourth-order valence-electron chi connectivity index (χ4n) is 1.92. The second kappa shape index (κ2) is 8.42. The monoisotopic (exact) mass is 298 g/mol. The highest BCUT2D eigenvalue weighted by atomic mass is 32.2. The van der Waals surface area contributed by atoms with E-state index >= 15 is 0 Å². The summed E-state index contributed by atoms with van der Waals surface area (Å²) in [4.78, 5) is 0.239. The lowest BCUT2D eigenvalue weighted by Crippen LogP contribution is -2.07. The van der Waals surface area contributed by atoms with E-state index in [1.54, 1.807) is 24.3 Å². The van der Waals surface area contributed by atoms with Crippen LogP contribution in [0.25, 0.3) is 0 Å². The molecule has 0 bridgehead atoms. The first-order chi connectivity index (χ1) is 9.45. The molecule has 0 aliphatic rings. The van der Waals surface area contributed by atoms with E-state index in [1.807, 2.05) is 6.92 Å². The van der Waals surface area contributed by atoms with Crippen molar-refractivity contribution in [1.29, 1.82) is 0 Å². The fraction of sp³-hybridized carbons (Fsp3) is 0.625. The van der Waals surface area contributed by atoms with Crippen LogP contribution in [0.3, 0.4) is 0 Å². The zero-order valence-corrected chi connectivity index (χ0v) is 13.6. The third kappa shape index (κ3) is 6.06. The highest BCUT2D eigenvalue weighted by Gasteiger charge is 2.14. The number of unbranched alkanes of at least 4 members (excludes halogenated alkanes) is 2. The van der Waals surface area contributed by atoms with E-state index < -0.39 is 10.1 Å². The second-order valence-corrected chi connectivity index (χ2v) is 7.07. The average Bonchev–Trinajstić information content (AvgIpc) is 2.42. The summed E-state index contributed by atoms with van der Waals surface area (Å²) in [5.41, 5.74) is 1.04. The Bertz CT molecular complexity index is 477. The molecular formula is C16H26O3S. The number of benzene rings is 1. The van der Waals surface area contributed by atoms with Crippen molar-refractivity contribution in [2.24, 2.45) is 5.92 Å². The molecule has 0 heterocycles. The molecule has 3 nitrogen and oxygen atoms in total. The Hall–Kier alpha value is -0.870. The number of hydrogen-bond donors (Lipinski definition) is 0. The number of rotatable bonds is 9. The van der Waals surface area contributed by atoms with Crippen LogP contribution in [-0.2, 0) is 14.3 Å². The van der Waals surface area contributed by atoms with Crippen LogP contribution >= 0.6 is 0 Å². The van der Waals surface area contributed by atoms with E-state index in [4.69, 9.17) is 4.18 Å². The molecule has 0 amide bonds. The predicted octanol–water partition coefficient (Wildman–Crippen LogP) is 4.31. The van der Waals surface area contributed by atoms with Crippen LogP contribution in [0, 0.1) is 12.8 Å². The van der Waals surface area contributed by atoms with E-state index in [9.17, 15) is 8.42 Å². The summed E-state index contributed by atoms with van der Waals surface area (Å²) in [5.74, 6) is 0.757. The lowest BCUT2D eigenvalue weighted by molar-refractivity contribution is 0.304. The van der Waals surface area contributed by atoms with Gasteiger partial charge in [-0.25, -0.2) is 0 Å². The van der Waals surface area contributed by atoms with Gasteiger partial charge in [-0.05, 0) is 31.4 Å². The van der Waals surface area contributed by atoms with Crippen LogP contribution in [0.4, 0.5) is 0 Å². The van der Waals surface area contributed by atoms with Crippen LogP contribution in [0.2, 0.25) is 0 Å². The summed E-state index contributed by atoms with van der Waals surface area (Å²) in [6, 6.07) is 6.74. The van der Waals surface area contributed by atoms with Crippen molar-refractivity contribution >= 4 is 10.1 Å². The summed E-state index contributed by atoms with van der Waals surface area (Å²) >= 11 is 0. The zero-order chi connectivity index (χ0) is 15.0. The molecule has 0 fully saturated rings. The maximum atomic E-state index is 11.9. The third-order valence-electron chi connectivity index (χ3n) is 3.59. The number of aryl methyl sites for hydroxylation is 1. The normalized spacial score (nSPS) is 13.3. The summed E-state index contributed by atoms with van der Waals surface area (Å²) in [6.07, 6.45) is 5.37. The van der Waals surface area contributed by atoms with Crippen molar-refractivity contribution in [3.05, 3.63) is 29.8 Å². The molecule has 0 aliphatic carbocycles. The Labute approximate surface area is 123 Å². The maximum Gasteiger partial charge on any atom is 0.296 e. The third-order valence-corrected chi connectivity index (χ3v) is 4.91. The van der Waals surface area contributed by atoms with E-state index in [2.05, 4.69) is 13.8 Å². The van der Waals surface area contributed by atoms with Crippen LogP contribution in [0.15, 0.2) is 29.2 Å². The number of hydrogen-bond acceptors (Lipinski definition) is 3. The Morgan fingerprint density at radius 3 is 2.35 bits per heavy atom. The molecule has 0 N–H and O–H groups in total. The molecule has 4 heteroatoms. The summed E-state index contributed by atoms with van der Waals surface area (Å²) in [7, 11) is -3.59. The first-order valence-corrected chi connectivity index (χ1v) is 8.82. The van der Waals surface area contributed by atoms with Gasteiger partial charge in [-0.15, -0.1) is 0 Å². The van der Waals surface area contributed by atoms with Gasteiger partial charge in [0.25, 0.3) is 10.1 Å². The lowest BCUT2D eigenvalue weighted by atomic mass is 10.0. The standard InChI is InChI=1S/C16H26O3S/c1-4-14(2)8-6-5-7-13-19-20(17,18)16-11-9-15(3)10-12-16/h9-12,14H,4-8,13H2,1-3H3. The molecule has 1 atom stereocenters. The summed E-state index contributed by atoms with van der Waals surface area (Å²) in [5, 5.41) is 0. The van der Waals surface area contributed by atoms with E-state index in [0.29, 0.717) is 0 Å². The molecular weight excluding hydrogens is 272 g/mol. The topological polar surface area (TPSA) is 43.4 Å². The summed E-state index contributed by atoms with van der Waals surface area (Å²) in [6.45, 7) is 6.64. The molecule has 114 valence electrons. The SMILES string of the molecule is CCC(C)CCCCCOS(=O)(=O)c1ccc(C)cc1. The molecule has 1 aromatic rings. The highest BCUT2D eigenvalue weighted by molar-refractivity contribution is 7.86. The highest BCUT2D eigenvalue weighted by Crippen LogP contribution is 2.15. The quantitative estimate of drug-likeness (QED) is 0.504. The van der Waals surface area contributed by atoms with Crippen molar-refractivity contribution in [3.8, 4) is 0 Å². The van der Waals surface area contributed by atoms with Crippen molar-refractivity contribution in [2.45, 2.75) is 57.8 Å². The molecule has 0 saturated heterocycles. The molecule has 0 aromatic heterocycles. The fourth-order valence-corrected chi connectivity index (χ4v) is 2.86. The minimum atomic E-state index is -3.59. The van der Waals surface area contributed by atoms with Crippen molar-refractivity contribution < 1.29 is 12.6 Å². The van der Waals surface area contributed by atoms with Gasteiger partial charge in [0.1, 0.15) is 0 Å². The first kappa shape index (κ1) is 17.2. The zero-order valence-electron chi connectivity index (χ0n) is 12.8. The van der Waals surface area contributed by atoms with Crippen LogP contribution < -0.4 is 0 Å². The van der Waals surface area contributed by atoms with Gasteiger partial charge >= 0.3 is 0 Å². The van der Waals surface area contributed by atoms with E-state index in [-0.39, 0.29) is 11.5 Å². The van der Waals surface area contributed by atoms with Gasteiger partial charge in [0.15, 0.2) is 0 Å². The smallest absolute Gasteiger partial charge is 0.266 e. The molecule has 0 aliphatic heterocycles. The van der Waals surface area contributed by atoms with Gasteiger partial charge < -0.3 is 0 Å². The van der Waals surface area contributed by atoms with Crippen LogP contribution in [0.5, 0.6) is 0 Å². The molecule has 0 radical (unpaired) electrons. The Kier molecular flexibility index (Phi) is 7.24. The largest absolute Gasteiger partial charge is 0.296 e. The molecule has 0 spiro atoms. The van der Waals surface area contributed by atoms with Gasteiger partial charge in [0.05, 0.1) is 11.5 Å². The Balaban J connectivity index is 2.29. The lowest BCUT2D eigenvalue weighted by Gasteiger charge is -2.08. The Morgan fingerprint density at radius 2 is 1.75 bits per heavy atom. The molecule has 0 saturated carbocycles. The van der Waals surface area contributed by atoms with Crippen molar-refractivity contribution in [2.75, 3.05) is 6.61 Å². The minimum Gasteiger partial charge on any atom is -0.266 e. The van der Waals surface area contributed by atoms with Gasteiger partial charge in [-0.3, -0.25) is 4.18 Å². The molecule has 20 heavy (non-hydrogen) atoms. The van der Waals surface area contributed by atoms with E-state index in [0.717, 1.165) is 30.7 Å². The van der Waals surface area contributed by atoms with Crippen LogP contribution in [-0.4, -0.2) is 15.0 Å². The minimum absolute atomic E-state index is 0.239. The van der Waals surface area contributed by atoms with Gasteiger partial charge in [0, 0.05) is 0 Å². The van der Waals surface area contributed by atoms with Gasteiger partial charge in [-0.1, -0.05) is 57.2 Å². The molecule has 1 unspecified atom stereocenters. The van der Waals surface area contributed by atoms with Gasteiger partial charge in [0.2, 0.25) is 0 Å². The van der Waals surface area contributed by atoms with E-state index in [1.165, 1.54) is 12.8 Å². The van der Waals surface area contributed by atoms with Crippen molar-refractivity contribution in [1.82, 2.24) is 0 Å². The molecule has 1 rings (SSSR count). The Morgan fingerprint density at radius 1 is 1.10 bits per heavy atom. The average molecular weight is 298 g/mol. The first-order valence-electron chi connectivity index (χ1n) is 7.42. The van der Waals surface area contributed by atoms with Gasteiger partial charge in [-0.2, -0.15) is 8.42 Å². The van der Waals surface area contributed by atoms with Crippen molar-refractivity contribution in [3.63, 3.8) is 0 Å². The van der Waals surface area contributed by atoms with Crippen LogP contribution in [0.1, 0.15) is 51.5 Å². The predicted molar refractivity (Wildman–Crippen MR) is 82.2 cm³/mol.